The third-order valence-corrected chi connectivity index (χ3v) is 7.20. The second-order valence-corrected chi connectivity index (χ2v) is 12.0. The maximum absolute atomic E-state index is 13.4. The van der Waals surface area contributed by atoms with Crippen molar-refractivity contribution in [2.75, 3.05) is 22.4 Å². The summed E-state index contributed by atoms with van der Waals surface area (Å²) in [7, 11) is -15.8. The van der Waals surface area contributed by atoms with Gasteiger partial charge in [0, 0.05) is 11.4 Å². The number of phenolic OH excluding ortho intramolecular Hbond substituents is 2. The van der Waals surface area contributed by atoms with Gasteiger partial charge in [0.2, 0.25) is 11.6 Å². The normalized spacial score (nSPS) is 12.4. The Kier molecular flexibility index (Phi) is 18.4. The number of ketones is 2. The molecule has 0 unspecified atom stereocenters. The summed E-state index contributed by atoms with van der Waals surface area (Å²) < 4.78 is 106. The molecule has 2 aromatic carbocycles. The number of phenols is 2. The molecule has 0 aliphatic heterocycles. The van der Waals surface area contributed by atoms with Gasteiger partial charge >= 0.3 is 118 Å². The average molecular weight is 706 g/mol. The van der Waals surface area contributed by atoms with Crippen LogP contribution in [0, 0.1) is 0 Å². The van der Waals surface area contributed by atoms with Crippen LogP contribution in [0.1, 0.15) is 31.8 Å². The van der Waals surface area contributed by atoms with Crippen LogP contribution < -0.4 is 134 Å². The number of aromatic hydroxyl groups is 2. The Labute approximate surface area is 330 Å². The van der Waals surface area contributed by atoms with Gasteiger partial charge in [0.25, 0.3) is 0 Å². The number of benzene rings is 2. The summed E-state index contributed by atoms with van der Waals surface area (Å²) in [4.78, 5) is 24.8. The largest absolute Gasteiger partial charge is 1.00 e. The molecule has 3 rings (SSSR count). The Morgan fingerprint density at radius 3 is 1.50 bits per heavy atom. The number of anilines is 2. The van der Waals surface area contributed by atoms with Gasteiger partial charge < -0.3 is 39.8 Å². The van der Waals surface area contributed by atoms with Gasteiger partial charge in [-0.2, -0.15) is 4.33 Å². The fraction of sp³-hybridized carbons (Fsp3) is 0.125. The molecular weight excluding hydrogens is 696 g/mol. The third-order valence-electron chi connectivity index (χ3n) is 4.74. The third kappa shape index (κ3) is 10.5. The first-order chi connectivity index (χ1) is 17.4. The van der Waals surface area contributed by atoms with Gasteiger partial charge in [-0.1, -0.05) is 0 Å². The predicted octanol–water partition coefficient (Wildman–Crippen LogP) is -14.1. The molecule has 0 aromatic heterocycles. The number of carbonyl (C=O) groups is 2. The zero-order chi connectivity index (χ0) is 28.8. The Balaban J connectivity index is 0. The predicted molar refractivity (Wildman–Crippen MR) is 115 cm³/mol. The number of carbonyl (C=O) groups excluding carboxylic acids is 2. The number of hydrogen-bond donors (Lipinski definition) is 4. The topological polar surface area (TPSA) is 312 Å². The molecular formula is C16H10N2Na4O16S4. The molecule has 208 valence electrons. The van der Waals surface area contributed by atoms with E-state index in [4.69, 9.17) is 0 Å². The molecule has 0 atom stereocenters. The molecule has 1 aliphatic rings. The molecule has 1 aliphatic carbocycles. The van der Waals surface area contributed by atoms with Gasteiger partial charge in [0.05, 0.1) is 44.1 Å². The molecule has 0 saturated heterocycles. The molecule has 0 fully saturated rings. The maximum Gasteiger partial charge on any atom is 1.00 e. The van der Waals surface area contributed by atoms with E-state index in [1.807, 2.05) is 10.6 Å². The van der Waals surface area contributed by atoms with Gasteiger partial charge in [-0.25, -0.2) is 25.3 Å². The first-order valence-electron chi connectivity index (χ1n) is 9.20. The number of hydrogen-bond acceptors (Lipinski definition) is 19. The molecule has 26 heteroatoms. The monoisotopic (exact) mass is 706 g/mol. The summed E-state index contributed by atoms with van der Waals surface area (Å²) in [5, 5.41) is 38.3. The van der Waals surface area contributed by atoms with E-state index in [0.717, 1.165) is 0 Å². The van der Waals surface area contributed by atoms with Gasteiger partial charge in [0.15, 0.2) is 0 Å². The molecule has 42 heavy (non-hydrogen) atoms. The minimum absolute atomic E-state index is 0. The van der Waals surface area contributed by atoms with Crippen LogP contribution in [0.5, 0.6) is 11.5 Å². The van der Waals surface area contributed by atoms with Crippen molar-refractivity contribution < 1.29 is 192 Å². The van der Waals surface area contributed by atoms with Crippen LogP contribution >= 0.6 is 12.0 Å². The van der Waals surface area contributed by atoms with Crippen molar-refractivity contribution in [2.24, 2.45) is 0 Å². The van der Waals surface area contributed by atoms with E-state index in [2.05, 4.69) is 9.37 Å². The van der Waals surface area contributed by atoms with Crippen LogP contribution in [-0.4, -0.2) is 72.4 Å². The van der Waals surface area contributed by atoms with E-state index in [9.17, 15) is 64.0 Å². The van der Waals surface area contributed by atoms with Crippen molar-refractivity contribution >= 4 is 65.3 Å². The van der Waals surface area contributed by atoms with Gasteiger partial charge in [-0.15, -0.1) is 0 Å². The van der Waals surface area contributed by atoms with E-state index >= 15 is 0 Å². The molecule has 2 aromatic rings. The fourth-order valence-corrected chi connectivity index (χ4v) is 5.09. The van der Waals surface area contributed by atoms with Crippen LogP contribution in [-0.2, 0) is 39.7 Å². The number of nitrogens with one attached hydrogen (secondary N) is 2. The zero-order valence-electron chi connectivity index (χ0n) is 21.8. The first-order valence-corrected chi connectivity index (χ1v) is 14.5. The van der Waals surface area contributed by atoms with Gasteiger partial charge in [0.1, 0.15) is 53.6 Å². The molecule has 0 saturated carbocycles. The maximum atomic E-state index is 13.4. The quantitative estimate of drug-likeness (QED) is 0.0380. The standard InChI is InChI=1S/C16H14N2O16S4.4Na/c19-13-7(35-34-33-23)1-5(17-3-36(24,25)26)9-11(13)15(21)10-6(18-4-37(27,28)29)2-8(38(30,31)32)14(20)12(10)16(9)22;;;;/h1-2,17-20,23H,3-4H2,(H,24,25,26)(H,27,28,29)(H,30,31,32);;;;/q;4*+1/p-4. The van der Waals surface area contributed by atoms with Crippen LogP contribution in [0.2, 0.25) is 0 Å². The van der Waals surface area contributed by atoms with Crippen LogP contribution in [0.25, 0.3) is 0 Å². The summed E-state index contributed by atoms with van der Waals surface area (Å²) in [6, 6.07) is 0.985. The molecule has 18 nitrogen and oxygen atoms in total. The van der Waals surface area contributed by atoms with E-state index in [1.54, 1.807) is 0 Å². The minimum atomic E-state index is -5.61. The van der Waals surface area contributed by atoms with Gasteiger partial charge in [-0.05, 0) is 12.1 Å². The molecule has 0 radical (unpaired) electrons. The summed E-state index contributed by atoms with van der Waals surface area (Å²) in [6.45, 7) is 0. The Hall–Kier alpha value is 0.940. The van der Waals surface area contributed by atoms with E-state index in [1.165, 1.54) is 0 Å². The first kappa shape index (κ1) is 45.1. The van der Waals surface area contributed by atoms with E-state index in [0.29, 0.717) is 6.07 Å². The van der Waals surface area contributed by atoms with Crippen molar-refractivity contribution in [1.82, 2.24) is 0 Å². The van der Waals surface area contributed by atoms with Crippen molar-refractivity contribution in [3.63, 3.8) is 0 Å². The fourth-order valence-electron chi connectivity index (χ4n) is 3.38. The second kappa shape index (κ2) is 17.2. The van der Waals surface area contributed by atoms with Crippen molar-refractivity contribution in [2.45, 2.75) is 9.79 Å². The van der Waals surface area contributed by atoms with Crippen molar-refractivity contribution in [3.8, 4) is 11.5 Å². The van der Waals surface area contributed by atoms with Crippen LogP contribution in [0.15, 0.2) is 21.9 Å². The molecule has 0 spiro atoms. The smallest absolute Gasteiger partial charge is 0.747 e. The molecule has 0 amide bonds. The summed E-state index contributed by atoms with van der Waals surface area (Å²) in [6.07, 6.45) is 0. The van der Waals surface area contributed by atoms with Crippen LogP contribution in [0.3, 0.4) is 0 Å². The summed E-state index contributed by atoms with van der Waals surface area (Å²) in [5.41, 5.74) is -5.74. The summed E-state index contributed by atoms with van der Waals surface area (Å²) in [5.74, 6) is -8.56. The second-order valence-electron chi connectivity index (χ2n) is 7.13. The van der Waals surface area contributed by atoms with Crippen LogP contribution in [0.4, 0.5) is 11.4 Å². The Morgan fingerprint density at radius 2 is 1.12 bits per heavy atom. The van der Waals surface area contributed by atoms with E-state index in [-0.39, 0.29) is 136 Å². The number of fused-ring (bicyclic) bond motifs is 2. The Morgan fingerprint density at radius 1 is 0.714 bits per heavy atom. The molecule has 0 bridgehead atoms. The van der Waals surface area contributed by atoms with Crippen molar-refractivity contribution in [3.05, 3.63) is 34.4 Å². The van der Waals surface area contributed by atoms with E-state index < -0.39 is 109 Å². The average Bonchev–Trinajstić information content (AvgIpc) is 2.77. The Bertz CT molecular complexity index is 1700. The minimum Gasteiger partial charge on any atom is -0.747 e. The summed E-state index contributed by atoms with van der Waals surface area (Å²) >= 11 is -0.0434. The SMILES string of the molecule is O=C1c2c(NCS(=O)(=O)[O-])cc(S(=O)(=O)[O-])c(O)c2C(=O)c2c(NCS(=O)(=O)[O-])cc(SOO[O-])c(O)c21.[Na+].[Na+].[Na+].[Na+]. The van der Waals surface area contributed by atoms with Gasteiger partial charge in [-0.3, -0.25) is 14.6 Å². The number of rotatable bonds is 10. The zero-order valence-corrected chi connectivity index (χ0v) is 33.1. The molecule has 0 heterocycles. The molecule has 4 N–H and O–H groups in total. The van der Waals surface area contributed by atoms with Crippen molar-refractivity contribution in [1.29, 1.82) is 0 Å².